The molecule has 0 aromatic heterocycles. The zero-order valence-electron chi connectivity index (χ0n) is 15.6. The van der Waals surface area contributed by atoms with Gasteiger partial charge in [0, 0.05) is 26.2 Å². The number of hydrogen-bond donors (Lipinski definition) is 2. The minimum Gasteiger partial charge on any atom is -0.355 e. The fraction of sp³-hybridized carbons (Fsp3) is 0.333. The van der Waals surface area contributed by atoms with E-state index in [0.717, 1.165) is 24.0 Å². The van der Waals surface area contributed by atoms with Crippen molar-refractivity contribution in [1.29, 1.82) is 0 Å². The topological polar surface area (TPSA) is 75.4 Å². The highest BCUT2D eigenvalue weighted by Crippen LogP contribution is 2.27. The molecule has 5 nitrogen and oxygen atoms in total. The van der Waals surface area contributed by atoms with Gasteiger partial charge in [0.25, 0.3) is 5.91 Å². The van der Waals surface area contributed by atoms with E-state index >= 15 is 0 Å². The van der Waals surface area contributed by atoms with Gasteiger partial charge in [-0.2, -0.15) is 0 Å². The lowest BCUT2D eigenvalue weighted by atomic mass is 9.96. The molecule has 0 spiro atoms. The van der Waals surface area contributed by atoms with Crippen LogP contribution in [0.1, 0.15) is 23.2 Å². The zero-order valence-corrected chi connectivity index (χ0v) is 17.1. The predicted molar refractivity (Wildman–Crippen MR) is 115 cm³/mol. The van der Waals surface area contributed by atoms with Crippen LogP contribution in [0.5, 0.6) is 0 Å². The Bertz CT molecular complexity index is 815. The molecule has 3 rings (SSSR count). The van der Waals surface area contributed by atoms with Crippen molar-refractivity contribution in [2.75, 3.05) is 26.2 Å². The first-order valence-corrected chi connectivity index (χ1v) is 9.60. The Kier molecular flexibility index (Phi) is 8.30. The van der Waals surface area contributed by atoms with Crippen LogP contribution >= 0.6 is 24.0 Å². The summed E-state index contributed by atoms with van der Waals surface area (Å²) in [6.45, 7) is 1.89. The van der Waals surface area contributed by atoms with E-state index in [1.807, 2.05) is 42.5 Å². The monoisotopic (exact) mass is 421 g/mol. The summed E-state index contributed by atoms with van der Waals surface area (Å²) in [5.74, 6) is -0.374. The van der Waals surface area contributed by atoms with Gasteiger partial charge in [-0.05, 0) is 36.1 Å². The Morgan fingerprint density at radius 2 is 1.89 bits per heavy atom. The second-order valence-corrected chi connectivity index (χ2v) is 7.14. The van der Waals surface area contributed by atoms with E-state index in [0.29, 0.717) is 36.8 Å². The number of amides is 2. The van der Waals surface area contributed by atoms with E-state index in [9.17, 15) is 9.59 Å². The van der Waals surface area contributed by atoms with Crippen LogP contribution in [0.15, 0.2) is 48.5 Å². The molecule has 2 amide bonds. The van der Waals surface area contributed by atoms with Crippen LogP contribution in [0.4, 0.5) is 0 Å². The van der Waals surface area contributed by atoms with E-state index in [1.165, 1.54) is 0 Å². The van der Waals surface area contributed by atoms with E-state index in [-0.39, 0.29) is 30.1 Å². The van der Waals surface area contributed by atoms with Crippen molar-refractivity contribution in [1.82, 2.24) is 10.2 Å². The lowest BCUT2D eigenvalue weighted by Crippen LogP contribution is -2.46. The molecule has 0 aliphatic carbocycles. The maximum absolute atomic E-state index is 13.1. The third-order valence-corrected chi connectivity index (χ3v) is 5.16. The molecule has 7 heteroatoms. The molecular formula is C21H25Cl2N3O2. The van der Waals surface area contributed by atoms with Crippen LogP contribution in [-0.2, 0) is 4.79 Å². The third kappa shape index (κ3) is 5.25. The molecule has 3 N–H and O–H groups in total. The van der Waals surface area contributed by atoms with Crippen LogP contribution in [0.3, 0.4) is 0 Å². The van der Waals surface area contributed by atoms with Gasteiger partial charge >= 0.3 is 0 Å². The maximum Gasteiger partial charge on any atom is 0.255 e. The summed E-state index contributed by atoms with van der Waals surface area (Å²) >= 11 is 6.32. The summed E-state index contributed by atoms with van der Waals surface area (Å²) in [6, 6.07) is 15.4. The second-order valence-electron chi connectivity index (χ2n) is 6.73. The number of hydrogen-bond acceptors (Lipinski definition) is 3. The molecule has 1 atom stereocenters. The normalized spacial score (nSPS) is 16.2. The number of nitrogens with two attached hydrogens (primary N) is 1. The summed E-state index contributed by atoms with van der Waals surface area (Å²) in [4.78, 5) is 27.0. The van der Waals surface area contributed by atoms with Crippen LogP contribution in [0, 0.1) is 5.92 Å². The van der Waals surface area contributed by atoms with Gasteiger partial charge in [-0.3, -0.25) is 9.59 Å². The highest BCUT2D eigenvalue weighted by molar-refractivity contribution is 6.34. The number of carbonyl (C=O) groups is 2. The second kappa shape index (κ2) is 10.5. The average molecular weight is 422 g/mol. The molecule has 28 heavy (non-hydrogen) atoms. The fourth-order valence-corrected chi connectivity index (χ4v) is 3.58. The largest absolute Gasteiger partial charge is 0.355 e. The Balaban J connectivity index is 0.00000280. The van der Waals surface area contributed by atoms with Gasteiger partial charge in [0.2, 0.25) is 5.91 Å². The van der Waals surface area contributed by atoms with Crippen molar-refractivity contribution in [3.8, 4) is 11.1 Å². The highest BCUT2D eigenvalue weighted by atomic mass is 35.5. The Morgan fingerprint density at radius 1 is 1.14 bits per heavy atom. The molecule has 1 heterocycles. The standard InChI is InChI=1S/C21H24ClN3O2.ClH/c22-19-9-8-16(15-5-2-1-3-6-15)13-18(19)21(27)25-12-4-7-17(14-25)20(26)24-11-10-23;/h1-3,5-6,8-9,13,17H,4,7,10-12,14,23H2,(H,24,26);1H. The number of carbonyl (C=O) groups excluding carboxylic acids is 2. The third-order valence-electron chi connectivity index (χ3n) is 4.83. The molecule has 0 saturated carbocycles. The minimum absolute atomic E-state index is 0. The lowest BCUT2D eigenvalue weighted by Gasteiger charge is -2.32. The summed E-state index contributed by atoms with van der Waals surface area (Å²) in [5.41, 5.74) is 7.89. The first kappa shape index (κ1) is 22.2. The Morgan fingerprint density at radius 3 is 2.61 bits per heavy atom. The molecule has 1 saturated heterocycles. The number of rotatable bonds is 5. The average Bonchev–Trinajstić information content (AvgIpc) is 2.72. The van der Waals surface area contributed by atoms with Crippen LogP contribution in [-0.4, -0.2) is 42.9 Å². The number of nitrogens with one attached hydrogen (secondary N) is 1. The van der Waals surface area contributed by atoms with E-state index in [1.54, 1.807) is 11.0 Å². The van der Waals surface area contributed by atoms with Crippen molar-refractivity contribution in [2.45, 2.75) is 12.8 Å². The van der Waals surface area contributed by atoms with Crippen molar-refractivity contribution < 1.29 is 9.59 Å². The maximum atomic E-state index is 13.1. The summed E-state index contributed by atoms with van der Waals surface area (Å²) in [5, 5.41) is 3.24. The Labute approximate surface area is 176 Å². The zero-order chi connectivity index (χ0) is 19.2. The molecule has 1 fully saturated rings. The molecule has 1 aliphatic heterocycles. The summed E-state index contributed by atoms with van der Waals surface area (Å²) in [7, 11) is 0. The molecule has 1 unspecified atom stereocenters. The highest BCUT2D eigenvalue weighted by Gasteiger charge is 2.29. The number of piperidine rings is 1. The van der Waals surface area contributed by atoms with Crippen molar-refractivity contribution in [3.63, 3.8) is 0 Å². The van der Waals surface area contributed by atoms with Gasteiger partial charge in [-0.15, -0.1) is 12.4 Å². The molecule has 0 bridgehead atoms. The molecule has 1 aliphatic rings. The van der Waals surface area contributed by atoms with E-state index < -0.39 is 0 Å². The molecular weight excluding hydrogens is 397 g/mol. The van der Waals surface area contributed by atoms with Crippen molar-refractivity contribution in [3.05, 3.63) is 59.1 Å². The predicted octanol–water partition coefficient (Wildman–Crippen LogP) is 3.36. The van der Waals surface area contributed by atoms with E-state index in [4.69, 9.17) is 17.3 Å². The Hall–Kier alpha value is -2.08. The first-order valence-electron chi connectivity index (χ1n) is 9.22. The summed E-state index contributed by atoms with van der Waals surface area (Å²) in [6.07, 6.45) is 1.57. The van der Waals surface area contributed by atoms with Crippen molar-refractivity contribution in [2.24, 2.45) is 11.7 Å². The SMILES string of the molecule is Cl.NCCNC(=O)C1CCCN(C(=O)c2cc(-c3ccccc3)ccc2Cl)C1. The minimum atomic E-state index is -0.203. The van der Waals surface area contributed by atoms with Gasteiger partial charge in [-0.1, -0.05) is 48.0 Å². The van der Waals surface area contributed by atoms with Gasteiger partial charge in [0.15, 0.2) is 0 Å². The van der Waals surface area contributed by atoms with Gasteiger partial charge < -0.3 is 16.0 Å². The molecule has 0 radical (unpaired) electrons. The molecule has 2 aromatic rings. The lowest BCUT2D eigenvalue weighted by molar-refractivity contribution is -0.126. The smallest absolute Gasteiger partial charge is 0.255 e. The quantitative estimate of drug-likeness (QED) is 0.776. The van der Waals surface area contributed by atoms with Crippen molar-refractivity contribution >= 4 is 35.8 Å². The van der Waals surface area contributed by atoms with Crippen LogP contribution in [0.25, 0.3) is 11.1 Å². The number of nitrogens with zero attached hydrogens (tertiary/aromatic N) is 1. The molecule has 2 aromatic carbocycles. The van der Waals surface area contributed by atoms with Gasteiger partial charge in [-0.25, -0.2) is 0 Å². The van der Waals surface area contributed by atoms with E-state index in [2.05, 4.69) is 5.32 Å². The van der Waals surface area contributed by atoms with Gasteiger partial charge in [0.05, 0.1) is 16.5 Å². The van der Waals surface area contributed by atoms with Gasteiger partial charge in [0.1, 0.15) is 0 Å². The molecule has 150 valence electrons. The first-order chi connectivity index (χ1) is 13.1. The number of likely N-dealkylation sites (tertiary alicyclic amines) is 1. The fourth-order valence-electron chi connectivity index (χ4n) is 3.38. The van der Waals surface area contributed by atoms with Crippen LogP contribution < -0.4 is 11.1 Å². The summed E-state index contributed by atoms with van der Waals surface area (Å²) < 4.78 is 0. The number of halogens is 2. The van der Waals surface area contributed by atoms with Crippen LogP contribution in [0.2, 0.25) is 5.02 Å². The number of benzene rings is 2.